The van der Waals surface area contributed by atoms with Gasteiger partial charge in [0.15, 0.2) is 0 Å². The topological polar surface area (TPSA) is 51.1 Å². The molecule has 6 heteroatoms. The van der Waals surface area contributed by atoms with Crippen molar-refractivity contribution in [1.29, 1.82) is 0 Å². The average Bonchev–Trinajstić information content (AvgIpc) is 2.39. The predicted octanol–water partition coefficient (Wildman–Crippen LogP) is 1.93. The van der Waals surface area contributed by atoms with Crippen LogP contribution in [0.25, 0.3) is 11.0 Å². The molecule has 2 aromatic rings. The van der Waals surface area contributed by atoms with E-state index in [4.69, 9.17) is 4.74 Å². The third-order valence-corrected chi connectivity index (χ3v) is 3.51. The number of aryl methyl sites for hydroxylation is 1. The van der Waals surface area contributed by atoms with Gasteiger partial charge >= 0.3 is 0 Å². The molecule has 0 atom stereocenters. The second kappa shape index (κ2) is 4.78. The molecule has 0 aliphatic carbocycles. The minimum absolute atomic E-state index is 0.731. The van der Waals surface area contributed by atoms with E-state index in [0.717, 1.165) is 53.5 Å². The molecule has 0 spiro atoms. The number of ether oxygens (including phenoxy) is 1. The van der Waals surface area contributed by atoms with Gasteiger partial charge in [-0.1, -0.05) is 0 Å². The lowest BCUT2D eigenvalue weighted by Crippen LogP contribution is -2.37. The third-order valence-electron chi connectivity index (χ3n) is 2.91. The largest absolute Gasteiger partial charge is 0.378 e. The van der Waals surface area contributed by atoms with Crippen molar-refractivity contribution in [3.8, 4) is 0 Å². The molecular weight excluding hydrogens is 296 g/mol. The number of aromatic nitrogens is 3. The number of pyridine rings is 1. The maximum absolute atomic E-state index is 5.33. The number of anilines is 1. The molecule has 1 aliphatic heterocycles. The highest BCUT2D eigenvalue weighted by Gasteiger charge is 2.15. The molecule has 2 aromatic heterocycles. The van der Waals surface area contributed by atoms with Gasteiger partial charge in [-0.2, -0.15) is 0 Å². The Balaban J connectivity index is 2.04. The Bertz CT molecular complexity index is 584. The molecular formula is C12H13BrN4O. The molecule has 5 nitrogen and oxygen atoms in total. The first-order valence-electron chi connectivity index (χ1n) is 5.86. The number of morpholine rings is 1. The van der Waals surface area contributed by atoms with Gasteiger partial charge in [0.25, 0.3) is 0 Å². The lowest BCUT2D eigenvalue weighted by atomic mass is 10.3. The molecule has 1 aliphatic rings. The summed E-state index contributed by atoms with van der Waals surface area (Å²) >= 11 is 3.53. The van der Waals surface area contributed by atoms with Crippen LogP contribution in [0.5, 0.6) is 0 Å². The molecule has 3 heterocycles. The van der Waals surface area contributed by atoms with Crippen LogP contribution in [0, 0.1) is 6.92 Å². The van der Waals surface area contributed by atoms with Crippen LogP contribution in [0.2, 0.25) is 0 Å². The number of hydrogen-bond acceptors (Lipinski definition) is 5. The van der Waals surface area contributed by atoms with E-state index < -0.39 is 0 Å². The fraction of sp³-hybridized carbons (Fsp3) is 0.417. The van der Waals surface area contributed by atoms with Crippen molar-refractivity contribution in [2.24, 2.45) is 0 Å². The zero-order valence-electron chi connectivity index (χ0n) is 10.1. The molecule has 0 saturated carbocycles. The Labute approximate surface area is 113 Å². The van der Waals surface area contributed by atoms with Crippen LogP contribution in [0.3, 0.4) is 0 Å². The summed E-state index contributed by atoms with van der Waals surface area (Å²) in [5.74, 6) is 0.747. The second-order valence-electron chi connectivity index (χ2n) is 4.25. The number of halogens is 1. The van der Waals surface area contributed by atoms with E-state index in [1.165, 1.54) is 0 Å². The summed E-state index contributed by atoms with van der Waals surface area (Å²) in [6.07, 6.45) is 1.78. The minimum Gasteiger partial charge on any atom is -0.378 e. The molecule has 0 N–H and O–H groups in total. The third kappa shape index (κ3) is 2.18. The zero-order valence-corrected chi connectivity index (χ0v) is 11.6. The van der Waals surface area contributed by atoms with E-state index in [0.29, 0.717) is 0 Å². The molecule has 94 valence electrons. The van der Waals surface area contributed by atoms with E-state index in [1.807, 2.05) is 13.0 Å². The van der Waals surface area contributed by atoms with E-state index in [-0.39, 0.29) is 0 Å². The molecule has 3 rings (SSSR count). The van der Waals surface area contributed by atoms with Crippen LogP contribution in [0.15, 0.2) is 16.7 Å². The van der Waals surface area contributed by atoms with Gasteiger partial charge in [0.05, 0.1) is 19.4 Å². The number of fused-ring (bicyclic) bond motifs is 1. The first-order chi connectivity index (χ1) is 8.74. The second-order valence-corrected chi connectivity index (χ2v) is 5.10. The molecule has 0 bridgehead atoms. The Morgan fingerprint density at radius 3 is 2.83 bits per heavy atom. The SMILES string of the molecule is Cc1cc(Br)c2nc(N3CCOCC3)ncc2n1. The Kier molecular flexibility index (Phi) is 3.13. The number of rotatable bonds is 1. The first kappa shape index (κ1) is 11.8. The molecule has 1 fully saturated rings. The summed E-state index contributed by atoms with van der Waals surface area (Å²) in [4.78, 5) is 15.5. The van der Waals surface area contributed by atoms with Crippen molar-refractivity contribution in [2.45, 2.75) is 6.92 Å². The van der Waals surface area contributed by atoms with Gasteiger partial charge in [-0.05, 0) is 28.9 Å². The molecule has 0 aromatic carbocycles. The van der Waals surface area contributed by atoms with Gasteiger partial charge in [-0.15, -0.1) is 0 Å². The highest BCUT2D eigenvalue weighted by atomic mass is 79.9. The van der Waals surface area contributed by atoms with Crippen molar-refractivity contribution in [1.82, 2.24) is 15.0 Å². The zero-order chi connectivity index (χ0) is 12.5. The summed E-state index contributed by atoms with van der Waals surface area (Å²) in [7, 11) is 0. The summed E-state index contributed by atoms with van der Waals surface area (Å²) in [5.41, 5.74) is 2.63. The van der Waals surface area contributed by atoms with Crippen LogP contribution in [0.4, 0.5) is 5.95 Å². The standard InChI is InChI=1S/C12H13BrN4O/c1-8-6-9(13)11-10(15-8)7-14-12(16-11)17-2-4-18-5-3-17/h6-7H,2-5H2,1H3. The van der Waals surface area contributed by atoms with Crippen LogP contribution in [-0.2, 0) is 4.74 Å². The normalized spacial score (nSPS) is 16.2. The quantitative estimate of drug-likeness (QED) is 0.806. The van der Waals surface area contributed by atoms with Crippen LogP contribution < -0.4 is 4.90 Å². The Hall–Kier alpha value is -1.27. The van der Waals surface area contributed by atoms with Crippen molar-refractivity contribution < 1.29 is 4.74 Å². The number of hydrogen-bond donors (Lipinski definition) is 0. The molecule has 0 amide bonds. The highest BCUT2D eigenvalue weighted by molar-refractivity contribution is 9.10. The van der Waals surface area contributed by atoms with Crippen LogP contribution in [0.1, 0.15) is 5.69 Å². The van der Waals surface area contributed by atoms with E-state index in [2.05, 4.69) is 35.8 Å². The van der Waals surface area contributed by atoms with Crippen molar-refractivity contribution in [3.63, 3.8) is 0 Å². The van der Waals surface area contributed by atoms with Gasteiger partial charge in [0, 0.05) is 23.3 Å². The minimum atomic E-state index is 0.731. The molecule has 18 heavy (non-hydrogen) atoms. The van der Waals surface area contributed by atoms with E-state index in [9.17, 15) is 0 Å². The Morgan fingerprint density at radius 2 is 2.06 bits per heavy atom. The van der Waals surface area contributed by atoms with Crippen LogP contribution in [-0.4, -0.2) is 41.3 Å². The Morgan fingerprint density at radius 1 is 1.28 bits per heavy atom. The highest BCUT2D eigenvalue weighted by Crippen LogP contribution is 2.23. The summed E-state index contributed by atoms with van der Waals surface area (Å²) in [6, 6.07) is 1.97. The maximum Gasteiger partial charge on any atom is 0.226 e. The van der Waals surface area contributed by atoms with Crippen molar-refractivity contribution >= 4 is 32.9 Å². The molecule has 0 unspecified atom stereocenters. The van der Waals surface area contributed by atoms with Gasteiger partial charge in [0.2, 0.25) is 5.95 Å². The predicted molar refractivity (Wildman–Crippen MR) is 72.8 cm³/mol. The molecule has 0 radical (unpaired) electrons. The molecule has 1 saturated heterocycles. The van der Waals surface area contributed by atoms with Gasteiger partial charge in [-0.25, -0.2) is 15.0 Å². The smallest absolute Gasteiger partial charge is 0.226 e. The fourth-order valence-electron chi connectivity index (χ4n) is 2.01. The van der Waals surface area contributed by atoms with Gasteiger partial charge in [0.1, 0.15) is 11.0 Å². The average molecular weight is 309 g/mol. The van der Waals surface area contributed by atoms with E-state index in [1.54, 1.807) is 6.20 Å². The van der Waals surface area contributed by atoms with Gasteiger partial charge in [-0.3, -0.25) is 0 Å². The summed E-state index contributed by atoms with van der Waals surface area (Å²) in [5, 5.41) is 0. The number of nitrogens with zero attached hydrogens (tertiary/aromatic N) is 4. The van der Waals surface area contributed by atoms with Crippen LogP contribution >= 0.6 is 15.9 Å². The maximum atomic E-state index is 5.33. The van der Waals surface area contributed by atoms with Gasteiger partial charge < -0.3 is 9.64 Å². The first-order valence-corrected chi connectivity index (χ1v) is 6.66. The summed E-state index contributed by atoms with van der Waals surface area (Å²) in [6.45, 7) is 5.09. The lowest BCUT2D eigenvalue weighted by Gasteiger charge is -2.26. The fourth-order valence-corrected chi connectivity index (χ4v) is 2.64. The van der Waals surface area contributed by atoms with Crippen molar-refractivity contribution in [3.05, 3.63) is 22.4 Å². The van der Waals surface area contributed by atoms with Crippen molar-refractivity contribution in [2.75, 3.05) is 31.2 Å². The van der Waals surface area contributed by atoms with E-state index >= 15 is 0 Å². The lowest BCUT2D eigenvalue weighted by molar-refractivity contribution is 0.122. The summed E-state index contributed by atoms with van der Waals surface area (Å²) < 4.78 is 6.29. The monoisotopic (exact) mass is 308 g/mol.